The van der Waals surface area contributed by atoms with Gasteiger partial charge in [0.2, 0.25) is 0 Å². The van der Waals surface area contributed by atoms with Crippen LogP contribution >= 0.6 is 0 Å². The number of unbranched alkanes of at least 4 members (excludes halogenated alkanes) is 9. The summed E-state index contributed by atoms with van der Waals surface area (Å²) in [5.41, 5.74) is 2.39. The van der Waals surface area contributed by atoms with Gasteiger partial charge in [0.15, 0.2) is 0 Å². The molecule has 1 atom stereocenters. The number of fused-ring (bicyclic) bond motifs is 2. The molecular weight excluding hydrogens is 336 g/mol. The molecule has 1 fully saturated rings. The summed E-state index contributed by atoms with van der Waals surface area (Å²) in [5.74, 6) is 0.00503. The molecule has 1 aromatic carbocycles. The van der Waals surface area contributed by atoms with Gasteiger partial charge in [-0.2, -0.15) is 0 Å². The van der Waals surface area contributed by atoms with E-state index in [2.05, 4.69) is 19.1 Å². The quantitative estimate of drug-likeness (QED) is 0.392. The van der Waals surface area contributed by atoms with E-state index in [1.807, 2.05) is 12.1 Å². The minimum Gasteiger partial charge on any atom is -0.308 e. The molecule has 4 nitrogen and oxygen atoms in total. The van der Waals surface area contributed by atoms with Crippen molar-refractivity contribution in [3.63, 3.8) is 0 Å². The van der Waals surface area contributed by atoms with Gasteiger partial charge in [-0.05, 0) is 17.5 Å². The molecule has 4 heteroatoms. The van der Waals surface area contributed by atoms with E-state index in [4.69, 9.17) is 0 Å². The molecule has 2 aliphatic rings. The van der Waals surface area contributed by atoms with Gasteiger partial charge in [-0.25, -0.2) is 4.79 Å². The van der Waals surface area contributed by atoms with E-state index >= 15 is 0 Å². The van der Waals surface area contributed by atoms with Gasteiger partial charge in [-0.1, -0.05) is 89.0 Å². The van der Waals surface area contributed by atoms with Crippen LogP contribution in [0.25, 0.3) is 0 Å². The van der Waals surface area contributed by atoms with Gasteiger partial charge < -0.3 is 4.90 Å². The van der Waals surface area contributed by atoms with Crippen LogP contribution in [0.4, 0.5) is 4.79 Å². The van der Waals surface area contributed by atoms with Crippen molar-refractivity contribution in [1.82, 2.24) is 9.80 Å². The summed E-state index contributed by atoms with van der Waals surface area (Å²) in [7, 11) is 0. The second-order valence-corrected chi connectivity index (χ2v) is 8.07. The third kappa shape index (κ3) is 4.91. The number of benzene rings is 1. The number of urea groups is 1. The molecule has 0 saturated carbocycles. The lowest BCUT2D eigenvalue weighted by atomic mass is 9.95. The lowest BCUT2D eigenvalue weighted by Gasteiger charge is -2.28. The Bertz CT molecular complexity index is 600. The monoisotopic (exact) mass is 370 g/mol. The minimum atomic E-state index is -0.282. The highest BCUT2D eigenvalue weighted by Gasteiger charge is 2.46. The smallest absolute Gasteiger partial charge is 0.308 e. The fourth-order valence-electron chi connectivity index (χ4n) is 4.34. The molecule has 0 radical (unpaired) electrons. The molecular formula is C23H34N2O2. The molecule has 3 amide bonds. The van der Waals surface area contributed by atoms with Crippen LogP contribution in [0.3, 0.4) is 0 Å². The van der Waals surface area contributed by atoms with Gasteiger partial charge in [0, 0.05) is 19.5 Å². The Morgan fingerprint density at radius 3 is 2.11 bits per heavy atom. The van der Waals surface area contributed by atoms with E-state index in [0.29, 0.717) is 19.5 Å². The Morgan fingerprint density at radius 1 is 0.852 bits per heavy atom. The van der Waals surface area contributed by atoms with E-state index < -0.39 is 0 Å². The third-order valence-electron chi connectivity index (χ3n) is 6.01. The van der Waals surface area contributed by atoms with Crippen LogP contribution in [0.5, 0.6) is 0 Å². The molecule has 0 bridgehead atoms. The molecule has 1 saturated heterocycles. The molecule has 1 aromatic rings. The molecule has 2 aliphatic heterocycles. The molecule has 0 spiro atoms. The number of hydrogen-bond acceptors (Lipinski definition) is 2. The first-order chi connectivity index (χ1) is 13.2. The van der Waals surface area contributed by atoms with Crippen LogP contribution < -0.4 is 0 Å². The Morgan fingerprint density at radius 2 is 1.44 bits per heavy atom. The number of nitrogens with zero attached hydrogens (tertiary/aromatic N) is 2. The van der Waals surface area contributed by atoms with Crippen LogP contribution in [-0.2, 0) is 17.8 Å². The van der Waals surface area contributed by atoms with E-state index in [1.54, 1.807) is 4.90 Å². The Hall–Kier alpha value is -1.84. The summed E-state index contributed by atoms with van der Waals surface area (Å²) < 4.78 is 0. The van der Waals surface area contributed by atoms with E-state index in [9.17, 15) is 9.59 Å². The number of carbonyl (C=O) groups is 2. The van der Waals surface area contributed by atoms with Crippen LogP contribution in [0.15, 0.2) is 24.3 Å². The summed E-state index contributed by atoms with van der Waals surface area (Å²) in [4.78, 5) is 28.7. The van der Waals surface area contributed by atoms with Gasteiger partial charge in [0.05, 0.1) is 0 Å². The van der Waals surface area contributed by atoms with Crippen molar-refractivity contribution in [2.45, 2.75) is 90.1 Å². The predicted molar refractivity (Wildman–Crippen MR) is 108 cm³/mol. The Balaban J connectivity index is 1.36. The number of hydrogen-bond donors (Lipinski definition) is 0. The number of amides is 3. The average Bonchev–Trinajstić information content (AvgIpc) is 2.92. The highest BCUT2D eigenvalue weighted by atomic mass is 16.2. The van der Waals surface area contributed by atoms with E-state index in [0.717, 1.165) is 12.8 Å². The van der Waals surface area contributed by atoms with Gasteiger partial charge in [0.25, 0.3) is 5.91 Å². The zero-order valence-corrected chi connectivity index (χ0v) is 16.8. The molecule has 0 N–H and O–H groups in total. The summed E-state index contributed by atoms with van der Waals surface area (Å²) >= 11 is 0. The van der Waals surface area contributed by atoms with Gasteiger partial charge in [-0.3, -0.25) is 9.69 Å². The van der Waals surface area contributed by atoms with Crippen molar-refractivity contribution in [2.75, 3.05) is 6.54 Å². The highest BCUT2D eigenvalue weighted by Crippen LogP contribution is 2.30. The highest BCUT2D eigenvalue weighted by molar-refractivity contribution is 6.04. The molecule has 0 aromatic heterocycles. The summed E-state index contributed by atoms with van der Waals surface area (Å²) in [6.07, 6.45) is 13.3. The van der Waals surface area contributed by atoms with E-state index in [1.165, 1.54) is 67.4 Å². The second-order valence-electron chi connectivity index (χ2n) is 8.07. The first-order valence-electron chi connectivity index (χ1n) is 10.9. The summed E-state index contributed by atoms with van der Waals surface area (Å²) in [6, 6.07) is 7.79. The zero-order valence-electron chi connectivity index (χ0n) is 16.8. The number of imide groups is 1. The van der Waals surface area contributed by atoms with Crippen molar-refractivity contribution >= 4 is 11.9 Å². The van der Waals surface area contributed by atoms with Crippen molar-refractivity contribution < 1.29 is 9.59 Å². The normalized spacial score (nSPS) is 18.8. The topological polar surface area (TPSA) is 40.6 Å². The van der Waals surface area contributed by atoms with Crippen LogP contribution in [0.2, 0.25) is 0 Å². The lowest BCUT2D eigenvalue weighted by Crippen LogP contribution is -2.39. The van der Waals surface area contributed by atoms with Crippen molar-refractivity contribution in [1.29, 1.82) is 0 Å². The van der Waals surface area contributed by atoms with Gasteiger partial charge in [0.1, 0.15) is 6.04 Å². The molecule has 2 heterocycles. The molecule has 3 rings (SSSR count). The molecule has 1 unspecified atom stereocenters. The molecule has 27 heavy (non-hydrogen) atoms. The maximum atomic E-state index is 12.7. The predicted octanol–water partition coefficient (Wildman–Crippen LogP) is 5.30. The SMILES string of the molecule is CCCCCCCCCCCCN1C(=O)C2Cc3ccccc3CN2C1=O. The summed E-state index contributed by atoms with van der Waals surface area (Å²) in [6.45, 7) is 3.40. The Labute approximate surface area is 163 Å². The maximum absolute atomic E-state index is 12.7. The van der Waals surface area contributed by atoms with Crippen molar-refractivity contribution in [3.8, 4) is 0 Å². The van der Waals surface area contributed by atoms with Gasteiger partial charge in [-0.15, -0.1) is 0 Å². The van der Waals surface area contributed by atoms with Crippen LogP contribution in [-0.4, -0.2) is 34.3 Å². The largest absolute Gasteiger partial charge is 0.327 e. The third-order valence-corrected chi connectivity index (χ3v) is 6.01. The van der Waals surface area contributed by atoms with Gasteiger partial charge >= 0.3 is 6.03 Å². The number of carbonyl (C=O) groups excluding carboxylic acids is 2. The van der Waals surface area contributed by atoms with Crippen molar-refractivity contribution in [2.24, 2.45) is 0 Å². The molecule has 148 valence electrons. The second kappa shape index (κ2) is 9.91. The zero-order chi connectivity index (χ0) is 19.1. The fraction of sp³-hybridized carbons (Fsp3) is 0.652. The summed E-state index contributed by atoms with van der Waals surface area (Å²) in [5, 5.41) is 0. The standard InChI is InChI=1S/C23H34N2O2/c1-2-3-4-5-6-7-8-9-10-13-16-24-22(26)21-17-19-14-11-12-15-20(19)18-25(21)23(24)27/h11-12,14-15,21H,2-10,13,16-18H2,1H3. The van der Waals surface area contributed by atoms with Crippen LogP contribution in [0, 0.1) is 0 Å². The first kappa shape index (κ1) is 19.9. The Kier molecular flexibility index (Phi) is 7.31. The van der Waals surface area contributed by atoms with Crippen molar-refractivity contribution in [3.05, 3.63) is 35.4 Å². The average molecular weight is 371 g/mol. The fourth-order valence-corrected chi connectivity index (χ4v) is 4.34. The molecule has 0 aliphatic carbocycles. The van der Waals surface area contributed by atoms with Crippen LogP contribution in [0.1, 0.15) is 82.3 Å². The number of rotatable bonds is 11. The first-order valence-corrected chi connectivity index (χ1v) is 10.9. The lowest BCUT2D eigenvalue weighted by molar-refractivity contribution is -0.128. The van der Waals surface area contributed by atoms with E-state index in [-0.39, 0.29) is 18.0 Å². The minimum absolute atomic E-state index is 0.00503. The maximum Gasteiger partial charge on any atom is 0.327 e.